The second-order valence-electron chi connectivity index (χ2n) is 8.17. The van der Waals surface area contributed by atoms with Gasteiger partial charge in [-0.05, 0) is 64.0 Å². The summed E-state index contributed by atoms with van der Waals surface area (Å²) in [6.07, 6.45) is 5.45. The Morgan fingerprint density at radius 1 is 0.824 bits per heavy atom. The number of nitriles is 2. The predicted molar refractivity (Wildman–Crippen MR) is 142 cm³/mol. The van der Waals surface area contributed by atoms with Crippen molar-refractivity contribution in [1.82, 2.24) is 0 Å². The minimum absolute atomic E-state index is 0.0977. The smallest absolute Gasteiger partial charge is 0.0998 e. The van der Waals surface area contributed by atoms with Gasteiger partial charge in [0.05, 0.1) is 29.3 Å². The van der Waals surface area contributed by atoms with Crippen LogP contribution in [-0.2, 0) is 0 Å². The third-order valence-corrected chi connectivity index (χ3v) is 7.04. The number of rotatable bonds is 5. The van der Waals surface area contributed by atoms with Crippen LogP contribution < -0.4 is 5.32 Å². The van der Waals surface area contributed by atoms with Crippen molar-refractivity contribution in [3.8, 4) is 23.3 Å². The molecule has 1 aliphatic heterocycles. The maximum atomic E-state index is 9.91. The molecule has 4 heteroatoms. The Morgan fingerprint density at radius 3 is 2.50 bits per heavy atom. The average Bonchev–Trinajstić information content (AvgIpc) is 2.91. The van der Waals surface area contributed by atoms with Crippen LogP contribution in [0.4, 0.5) is 5.69 Å². The van der Waals surface area contributed by atoms with Crippen LogP contribution in [0.25, 0.3) is 21.9 Å². The van der Waals surface area contributed by atoms with Gasteiger partial charge in [-0.1, -0.05) is 81.1 Å². The van der Waals surface area contributed by atoms with Gasteiger partial charge in [0.1, 0.15) is 0 Å². The molecule has 162 valence electrons. The molecule has 0 fully saturated rings. The van der Waals surface area contributed by atoms with E-state index in [-0.39, 0.29) is 6.04 Å². The number of hydrogen-bond acceptors (Lipinski definition) is 3. The minimum atomic E-state index is -0.0977. The van der Waals surface area contributed by atoms with E-state index in [2.05, 4.69) is 65.8 Å². The van der Waals surface area contributed by atoms with Crippen LogP contribution in [-0.4, -0.2) is 6.16 Å². The van der Waals surface area contributed by atoms with E-state index in [0.717, 1.165) is 47.9 Å². The van der Waals surface area contributed by atoms with Crippen molar-refractivity contribution in [2.24, 2.45) is 0 Å². The lowest BCUT2D eigenvalue weighted by molar-refractivity contribution is 0.940. The van der Waals surface area contributed by atoms with Gasteiger partial charge in [0, 0.05) is 11.3 Å². The molecule has 1 N–H and O–H groups in total. The Morgan fingerprint density at radius 2 is 1.68 bits per heavy atom. The fourth-order valence-corrected chi connectivity index (χ4v) is 5.26. The highest BCUT2D eigenvalue weighted by Crippen LogP contribution is 2.37. The summed E-state index contributed by atoms with van der Waals surface area (Å²) in [5.41, 5.74) is 6.42. The van der Waals surface area contributed by atoms with Crippen LogP contribution in [0, 0.1) is 22.7 Å². The Bertz CT molecular complexity index is 1510. The molecule has 1 heterocycles. The van der Waals surface area contributed by atoms with Crippen LogP contribution in [0.2, 0.25) is 0 Å². The molecule has 2 unspecified atom stereocenters. The minimum Gasteiger partial charge on any atom is -0.374 e. The number of hydrogen-bond donors (Lipinski definition) is 1. The first-order valence-corrected chi connectivity index (χ1v) is 12.4. The maximum Gasteiger partial charge on any atom is 0.0998 e. The molecular weight excluding hydrogens is 433 g/mol. The van der Waals surface area contributed by atoms with E-state index >= 15 is 0 Å². The third-order valence-electron chi connectivity index (χ3n) is 6.03. The summed E-state index contributed by atoms with van der Waals surface area (Å²) in [6, 6.07) is 32.7. The number of fused-ring (bicyclic) bond motifs is 1. The summed E-state index contributed by atoms with van der Waals surface area (Å²) < 4.78 is 0. The Balaban J connectivity index is 1.65. The molecular formula is C30H22N3P. The van der Waals surface area contributed by atoms with E-state index in [1.807, 2.05) is 54.6 Å². The standard InChI is InChI=1S/C30H22N3P/c31-18-21-6-3-10-26(16-21)33-30(25-9-5-15-34-20-25)23-13-14-24(19-32)29(17-23)28-12-4-8-22-7-1-2-11-27(22)28/h1-14,16-17,20,30,33-34H,15H2. The second kappa shape index (κ2) is 9.76. The Kier molecular flexibility index (Phi) is 6.22. The van der Waals surface area contributed by atoms with Crippen molar-refractivity contribution >= 4 is 25.0 Å². The first kappa shape index (κ1) is 21.7. The first-order valence-electron chi connectivity index (χ1n) is 11.2. The Labute approximate surface area is 201 Å². The zero-order chi connectivity index (χ0) is 23.3. The van der Waals surface area contributed by atoms with Crippen molar-refractivity contribution < 1.29 is 0 Å². The van der Waals surface area contributed by atoms with E-state index < -0.39 is 0 Å². The van der Waals surface area contributed by atoms with Crippen LogP contribution >= 0.6 is 8.58 Å². The molecule has 5 rings (SSSR count). The van der Waals surface area contributed by atoms with Gasteiger partial charge in [-0.2, -0.15) is 10.5 Å². The van der Waals surface area contributed by atoms with Gasteiger partial charge in [-0.15, -0.1) is 0 Å². The highest BCUT2D eigenvalue weighted by atomic mass is 31.1. The molecule has 0 radical (unpaired) electrons. The molecule has 3 nitrogen and oxygen atoms in total. The van der Waals surface area contributed by atoms with Gasteiger partial charge < -0.3 is 5.32 Å². The molecule has 34 heavy (non-hydrogen) atoms. The van der Waals surface area contributed by atoms with Crippen LogP contribution in [0.3, 0.4) is 0 Å². The lowest BCUT2D eigenvalue weighted by atomic mass is 9.90. The van der Waals surface area contributed by atoms with Crippen molar-refractivity contribution in [1.29, 1.82) is 10.5 Å². The van der Waals surface area contributed by atoms with Crippen LogP contribution in [0.15, 0.2) is 108 Å². The van der Waals surface area contributed by atoms with E-state index in [1.54, 1.807) is 0 Å². The molecule has 0 bridgehead atoms. The first-order chi connectivity index (χ1) is 16.8. The van der Waals surface area contributed by atoms with Crippen molar-refractivity contribution in [2.45, 2.75) is 6.04 Å². The SMILES string of the molecule is N#Cc1cccc(NC(C2=CPCC=C2)c2ccc(C#N)c(-c3cccc4ccccc34)c2)c1. The number of allylic oxidation sites excluding steroid dienone is 1. The van der Waals surface area contributed by atoms with Crippen molar-refractivity contribution in [2.75, 3.05) is 11.5 Å². The van der Waals surface area contributed by atoms with Gasteiger partial charge in [0.15, 0.2) is 0 Å². The van der Waals surface area contributed by atoms with E-state index in [4.69, 9.17) is 0 Å². The zero-order valence-corrected chi connectivity index (χ0v) is 19.5. The number of anilines is 1. The Hall–Kier alpha value is -4.17. The monoisotopic (exact) mass is 455 g/mol. The van der Waals surface area contributed by atoms with Gasteiger partial charge >= 0.3 is 0 Å². The molecule has 0 amide bonds. The van der Waals surface area contributed by atoms with Crippen LogP contribution in [0.5, 0.6) is 0 Å². The molecule has 4 aromatic rings. The quantitative estimate of drug-likeness (QED) is 0.316. The van der Waals surface area contributed by atoms with Crippen LogP contribution in [0.1, 0.15) is 22.7 Å². The largest absolute Gasteiger partial charge is 0.374 e. The normalized spacial score (nSPS) is 14.2. The lowest BCUT2D eigenvalue weighted by Crippen LogP contribution is -2.14. The molecule has 1 aliphatic rings. The van der Waals surface area contributed by atoms with Crippen molar-refractivity contribution in [3.63, 3.8) is 0 Å². The van der Waals surface area contributed by atoms with Crippen molar-refractivity contribution in [3.05, 3.63) is 125 Å². The predicted octanol–water partition coefficient (Wildman–Crippen LogP) is 7.54. The summed E-state index contributed by atoms with van der Waals surface area (Å²) in [5.74, 6) is 2.29. The maximum absolute atomic E-state index is 9.91. The second-order valence-corrected chi connectivity index (χ2v) is 9.27. The van der Waals surface area contributed by atoms with Gasteiger partial charge in [-0.25, -0.2) is 0 Å². The molecule has 0 saturated carbocycles. The fraction of sp³-hybridized carbons (Fsp3) is 0.0667. The van der Waals surface area contributed by atoms with Gasteiger partial charge in [-0.3, -0.25) is 0 Å². The molecule has 0 aliphatic carbocycles. The highest BCUT2D eigenvalue weighted by Gasteiger charge is 2.19. The number of nitrogens with zero attached hydrogens (tertiary/aromatic N) is 2. The fourth-order valence-electron chi connectivity index (χ4n) is 4.39. The van der Waals surface area contributed by atoms with E-state index in [1.165, 1.54) is 5.57 Å². The van der Waals surface area contributed by atoms with Gasteiger partial charge in [0.25, 0.3) is 0 Å². The summed E-state index contributed by atoms with van der Waals surface area (Å²) in [5, 5.41) is 25.2. The van der Waals surface area contributed by atoms with Gasteiger partial charge in [0.2, 0.25) is 0 Å². The molecule has 0 spiro atoms. The lowest BCUT2D eigenvalue weighted by Gasteiger charge is -2.24. The molecule has 4 aromatic carbocycles. The molecule has 0 aromatic heterocycles. The molecule has 0 saturated heterocycles. The number of benzene rings is 4. The summed E-state index contributed by atoms with van der Waals surface area (Å²) in [4.78, 5) is 0. The zero-order valence-electron chi connectivity index (χ0n) is 18.5. The third kappa shape index (κ3) is 4.35. The number of nitrogens with one attached hydrogen (secondary N) is 1. The summed E-state index contributed by atoms with van der Waals surface area (Å²) >= 11 is 0. The summed E-state index contributed by atoms with van der Waals surface area (Å²) in [7, 11) is 0.739. The highest BCUT2D eigenvalue weighted by molar-refractivity contribution is 7.42. The van der Waals surface area contributed by atoms with E-state index in [9.17, 15) is 10.5 Å². The molecule has 2 atom stereocenters. The average molecular weight is 456 g/mol. The topological polar surface area (TPSA) is 59.6 Å². The summed E-state index contributed by atoms with van der Waals surface area (Å²) in [6.45, 7) is 0. The van der Waals surface area contributed by atoms with E-state index in [0.29, 0.717) is 11.1 Å².